The Labute approximate surface area is 126 Å². The van der Waals surface area contributed by atoms with E-state index >= 15 is 0 Å². The number of unbranched alkanes of at least 4 members (excludes halogenated alkanes) is 2. The van der Waals surface area contributed by atoms with Crippen molar-refractivity contribution in [2.75, 3.05) is 12.0 Å². The fourth-order valence-electron chi connectivity index (χ4n) is 2.34. The van der Waals surface area contributed by atoms with Gasteiger partial charge in [0, 0.05) is 18.7 Å². The summed E-state index contributed by atoms with van der Waals surface area (Å²) in [6.07, 6.45) is 3.51. The second-order valence-electron chi connectivity index (χ2n) is 5.48. The average molecular weight is 294 g/mol. The van der Waals surface area contributed by atoms with Crippen LogP contribution in [0.1, 0.15) is 45.6 Å². The van der Waals surface area contributed by atoms with Gasteiger partial charge in [0.2, 0.25) is 0 Å². The van der Waals surface area contributed by atoms with Crippen molar-refractivity contribution in [1.82, 2.24) is 4.90 Å². The van der Waals surface area contributed by atoms with Crippen LogP contribution in [-0.4, -0.2) is 22.4 Å². The Hall–Kier alpha value is -1.66. The summed E-state index contributed by atoms with van der Waals surface area (Å²) in [7, 11) is 0. The van der Waals surface area contributed by atoms with Crippen LogP contribution < -0.4 is 11.3 Å². The highest BCUT2D eigenvalue weighted by Gasteiger charge is 2.19. The van der Waals surface area contributed by atoms with Crippen LogP contribution >= 0.6 is 0 Å². The van der Waals surface area contributed by atoms with Crippen molar-refractivity contribution in [1.29, 1.82) is 0 Å². The number of benzene rings is 1. The van der Waals surface area contributed by atoms with Crippen molar-refractivity contribution in [3.63, 3.8) is 0 Å². The van der Waals surface area contributed by atoms with Crippen molar-refractivity contribution < 1.29 is 4.92 Å². The van der Waals surface area contributed by atoms with E-state index in [2.05, 4.69) is 31.1 Å². The predicted molar refractivity (Wildman–Crippen MR) is 86.0 cm³/mol. The van der Waals surface area contributed by atoms with E-state index in [4.69, 9.17) is 5.84 Å². The van der Waals surface area contributed by atoms with Crippen LogP contribution in [-0.2, 0) is 6.54 Å². The van der Waals surface area contributed by atoms with Gasteiger partial charge in [0.1, 0.15) is 5.69 Å². The number of nitrogens with zero attached hydrogens (tertiary/aromatic N) is 2. The Kier molecular flexibility index (Phi) is 7.11. The second-order valence-corrected chi connectivity index (χ2v) is 5.48. The van der Waals surface area contributed by atoms with Crippen LogP contribution in [0.3, 0.4) is 0 Å². The molecule has 118 valence electrons. The molecule has 6 heteroatoms. The molecule has 0 saturated carbocycles. The lowest BCUT2D eigenvalue weighted by atomic mass is 10.1. The van der Waals surface area contributed by atoms with E-state index in [9.17, 15) is 10.1 Å². The van der Waals surface area contributed by atoms with Crippen molar-refractivity contribution in [2.24, 2.45) is 5.84 Å². The van der Waals surface area contributed by atoms with Crippen LogP contribution in [0.2, 0.25) is 0 Å². The Morgan fingerprint density at radius 3 is 2.62 bits per heavy atom. The van der Waals surface area contributed by atoms with Crippen LogP contribution in [0.4, 0.5) is 11.4 Å². The number of para-hydroxylation sites is 1. The lowest BCUT2D eigenvalue weighted by Gasteiger charge is -2.27. The van der Waals surface area contributed by atoms with E-state index in [0.29, 0.717) is 18.3 Å². The van der Waals surface area contributed by atoms with Crippen LogP contribution in [0.5, 0.6) is 0 Å². The number of anilines is 1. The summed E-state index contributed by atoms with van der Waals surface area (Å²) in [6, 6.07) is 5.44. The van der Waals surface area contributed by atoms with E-state index in [1.54, 1.807) is 6.07 Å². The third-order valence-electron chi connectivity index (χ3n) is 3.62. The Balaban J connectivity index is 2.92. The summed E-state index contributed by atoms with van der Waals surface area (Å²) in [6.45, 7) is 8.09. The van der Waals surface area contributed by atoms with Crippen LogP contribution in [0.25, 0.3) is 0 Å². The lowest BCUT2D eigenvalue weighted by molar-refractivity contribution is -0.384. The summed E-state index contributed by atoms with van der Waals surface area (Å²) < 4.78 is 0. The van der Waals surface area contributed by atoms with Gasteiger partial charge in [0.05, 0.1) is 4.92 Å². The summed E-state index contributed by atoms with van der Waals surface area (Å²) in [4.78, 5) is 13.0. The van der Waals surface area contributed by atoms with E-state index < -0.39 is 4.92 Å². The molecule has 0 aromatic heterocycles. The maximum atomic E-state index is 11.1. The molecule has 3 N–H and O–H groups in total. The number of nitrogen functional groups attached to an aromatic ring is 1. The Morgan fingerprint density at radius 1 is 1.38 bits per heavy atom. The van der Waals surface area contributed by atoms with Gasteiger partial charge in [-0.3, -0.25) is 20.9 Å². The van der Waals surface area contributed by atoms with Gasteiger partial charge in [-0.2, -0.15) is 0 Å². The minimum Gasteiger partial charge on any atom is -0.318 e. The standard InChI is InChI=1S/C15H26N4O2/c1-4-5-6-10-18(12(2)3)11-13-8-7-9-14(19(20)21)15(13)17-16/h7-9,12,17H,4-6,10-11,16H2,1-3H3. The first-order valence-electron chi connectivity index (χ1n) is 7.48. The molecule has 0 aliphatic heterocycles. The number of nitrogens with two attached hydrogens (primary N) is 1. The first-order valence-corrected chi connectivity index (χ1v) is 7.48. The predicted octanol–water partition coefficient (Wildman–Crippen LogP) is 3.28. The van der Waals surface area contributed by atoms with Gasteiger partial charge in [0.15, 0.2) is 0 Å². The van der Waals surface area contributed by atoms with Crippen LogP contribution in [0.15, 0.2) is 18.2 Å². The van der Waals surface area contributed by atoms with E-state index in [1.165, 1.54) is 18.9 Å². The molecule has 0 atom stereocenters. The minimum absolute atomic E-state index is 0.0206. The van der Waals surface area contributed by atoms with E-state index in [-0.39, 0.29) is 5.69 Å². The van der Waals surface area contributed by atoms with Gasteiger partial charge < -0.3 is 5.43 Å². The fraction of sp³-hybridized carbons (Fsp3) is 0.600. The number of hydrogen-bond acceptors (Lipinski definition) is 5. The zero-order valence-corrected chi connectivity index (χ0v) is 13.1. The first-order chi connectivity index (χ1) is 10.0. The maximum absolute atomic E-state index is 11.1. The monoisotopic (exact) mass is 294 g/mol. The normalized spacial score (nSPS) is 11.1. The van der Waals surface area contributed by atoms with Crippen molar-refractivity contribution in [2.45, 2.75) is 52.6 Å². The van der Waals surface area contributed by atoms with Crippen LogP contribution in [0, 0.1) is 10.1 Å². The summed E-state index contributed by atoms with van der Waals surface area (Å²) in [5.74, 6) is 5.49. The number of rotatable bonds is 9. The molecular formula is C15H26N4O2. The highest BCUT2D eigenvalue weighted by atomic mass is 16.6. The van der Waals surface area contributed by atoms with Crippen molar-refractivity contribution in [3.05, 3.63) is 33.9 Å². The molecule has 0 radical (unpaired) electrons. The highest BCUT2D eigenvalue weighted by molar-refractivity contribution is 5.65. The molecule has 1 aromatic carbocycles. The Morgan fingerprint density at radius 2 is 2.10 bits per heavy atom. The molecule has 21 heavy (non-hydrogen) atoms. The van der Waals surface area contributed by atoms with E-state index in [0.717, 1.165) is 18.5 Å². The smallest absolute Gasteiger partial charge is 0.293 e. The number of hydrazine groups is 1. The number of hydrogen-bond donors (Lipinski definition) is 2. The van der Waals surface area contributed by atoms with Crippen molar-refractivity contribution in [3.8, 4) is 0 Å². The zero-order chi connectivity index (χ0) is 15.8. The number of nitro groups is 1. The lowest BCUT2D eigenvalue weighted by Crippen LogP contribution is -2.32. The third-order valence-corrected chi connectivity index (χ3v) is 3.62. The summed E-state index contributed by atoms with van der Waals surface area (Å²) >= 11 is 0. The fourth-order valence-corrected chi connectivity index (χ4v) is 2.34. The zero-order valence-electron chi connectivity index (χ0n) is 13.1. The molecular weight excluding hydrogens is 268 g/mol. The second kappa shape index (κ2) is 8.59. The molecule has 6 nitrogen and oxygen atoms in total. The molecule has 1 rings (SSSR count). The maximum Gasteiger partial charge on any atom is 0.293 e. The Bertz CT molecular complexity index is 463. The number of nitro benzene ring substituents is 1. The molecule has 0 bridgehead atoms. The molecule has 0 spiro atoms. The van der Waals surface area contributed by atoms with Gasteiger partial charge in [-0.25, -0.2) is 0 Å². The first kappa shape index (κ1) is 17.4. The SMILES string of the molecule is CCCCCN(Cc1cccc([N+](=O)[O-])c1NN)C(C)C. The topological polar surface area (TPSA) is 84.4 Å². The van der Waals surface area contributed by atoms with Gasteiger partial charge in [-0.15, -0.1) is 0 Å². The van der Waals surface area contributed by atoms with E-state index in [1.807, 2.05) is 6.07 Å². The molecule has 0 fully saturated rings. The molecule has 0 amide bonds. The molecule has 0 aliphatic carbocycles. The summed E-state index contributed by atoms with van der Waals surface area (Å²) in [5.41, 5.74) is 3.77. The van der Waals surface area contributed by atoms with Crippen molar-refractivity contribution >= 4 is 11.4 Å². The number of nitrogens with one attached hydrogen (secondary N) is 1. The quantitative estimate of drug-likeness (QED) is 0.316. The summed E-state index contributed by atoms with van der Waals surface area (Å²) in [5, 5.41) is 11.1. The molecule has 1 aromatic rings. The van der Waals surface area contributed by atoms with Gasteiger partial charge >= 0.3 is 0 Å². The molecule has 0 aliphatic rings. The highest BCUT2D eigenvalue weighted by Crippen LogP contribution is 2.28. The van der Waals surface area contributed by atoms with Gasteiger partial charge in [0.25, 0.3) is 5.69 Å². The average Bonchev–Trinajstić information content (AvgIpc) is 2.45. The molecule has 0 saturated heterocycles. The van der Waals surface area contributed by atoms with Gasteiger partial charge in [-0.05, 0) is 32.4 Å². The molecule has 0 heterocycles. The third kappa shape index (κ3) is 4.99. The largest absolute Gasteiger partial charge is 0.318 e. The molecule has 0 unspecified atom stereocenters. The van der Waals surface area contributed by atoms with Gasteiger partial charge in [-0.1, -0.05) is 31.9 Å². The minimum atomic E-state index is -0.407.